The van der Waals surface area contributed by atoms with Crippen molar-refractivity contribution in [1.29, 1.82) is 0 Å². The van der Waals surface area contributed by atoms with Crippen molar-refractivity contribution in [3.63, 3.8) is 0 Å². The third-order valence-electron chi connectivity index (χ3n) is 15.9. The maximum atomic E-state index is 15.1. The summed E-state index contributed by atoms with van der Waals surface area (Å²) in [5.41, 5.74) is 0. The number of allylic oxidation sites excluding steroid dienone is 2. The third kappa shape index (κ3) is 20.5. The maximum Gasteiger partial charge on any atom is 0.246 e. The van der Waals surface area contributed by atoms with Gasteiger partial charge in [-0.3, -0.25) is 52.7 Å². The quantitative estimate of drug-likeness (QED) is 0.157. The highest BCUT2D eigenvalue weighted by molar-refractivity contribution is 5.99. The minimum Gasteiger partial charge on any atom is -0.390 e. The van der Waals surface area contributed by atoms with Gasteiger partial charge in [0.15, 0.2) is 0 Å². The number of likely N-dealkylation sites (N-methyl/N-ethyl adjacent to an activating group) is 7. The molecule has 23 nitrogen and oxygen atoms in total. The van der Waals surface area contributed by atoms with Crippen molar-refractivity contribution in [3.8, 4) is 0 Å². The molecular weight excluding hydrogens is 1080 g/mol. The van der Waals surface area contributed by atoms with Crippen LogP contribution in [-0.2, 0) is 52.7 Å². The number of nitrogens with zero attached hydrogens (tertiary/aromatic N) is 7. The lowest BCUT2D eigenvalue weighted by Gasteiger charge is -2.41. The summed E-state index contributed by atoms with van der Waals surface area (Å²) in [5.74, 6) is -10.1. The molecule has 0 unspecified atom stereocenters. The van der Waals surface area contributed by atoms with Gasteiger partial charge in [0, 0.05) is 49.3 Å². The van der Waals surface area contributed by atoms with E-state index < -0.39 is 162 Å². The summed E-state index contributed by atoms with van der Waals surface area (Å²) >= 11 is 0. The van der Waals surface area contributed by atoms with E-state index >= 15 is 9.59 Å². The molecule has 1 saturated heterocycles. The van der Waals surface area contributed by atoms with Crippen LogP contribution in [0.3, 0.4) is 0 Å². The van der Waals surface area contributed by atoms with Crippen molar-refractivity contribution in [1.82, 2.24) is 55.6 Å². The van der Waals surface area contributed by atoms with Crippen LogP contribution in [0.15, 0.2) is 12.2 Å². The monoisotopic (exact) mass is 1190 g/mol. The van der Waals surface area contributed by atoms with Crippen LogP contribution in [0.2, 0.25) is 0 Å². The van der Waals surface area contributed by atoms with E-state index in [1.807, 2.05) is 41.5 Å². The van der Waals surface area contributed by atoms with Gasteiger partial charge in [-0.05, 0) is 94.3 Å². The minimum absolute atomic E-state index is 0.0215. The molecule has 0 saturated carbocycles. The second-order valence-electron chi connectivity index (χ2n) is 25.6. The fourth-order valence-corrected chi connectivity index (χ4v) is 10.7. The Morgan fingerprint density at radius 2 is 0.893 bits per heavy atom. The number of rotatable bonds is 14. The van der Waals surface area contributed by atoms with E-state index in [0.29, 0.717) is 6.42 Å². The highest BCUT2D eigenvalue weighted by atomic mass is 16.3. The largest absolute Gasteiger partial charge is 0.390 e. The van der Waals surface area contributed by atoms with Crippen molar-refractivity contribution >= 4 is 65.0 Å². The van der Waals surface area contributed by atoms with Crippen LogP contribution < -0.4 is 21.3 Å². The van der Waals surface area contributed by atoms with Gasteiger partial charge in [-0.2, -0.15) is 0 Å². The molecule has 0 spiro atoms. The van der Waals surface area contributed by atoms with Crippen molar-refractivity contribution in [3.05, 3.63) is 12.2 Å². The van der Waals surface area contributed by atoms with E-state index in [1.54, 1.807) is 74.5 Å². The second kappa shape index (κ2) is 34.1. The summed E-state index contributed by atoms with van der Waals surface area (Å²) in [7, 11) is 9.88. The molecule has 480 valence electrons. The Labute approximate surface area is 502 Å². The standard InChI is InChI=1S/C61H109N11O12/c1-25-27-28-39(15)51(74)50-55(78)64-42(26-2)57(80)66(18)32-46(73)70(22)48(37(11)12)54(77)65-47(36(9)10)60(83)67(19)43(29-33(3)4)53(76)62-40(16)52(75)63-41(17)56(79)68(20)44(30-34(5)6)58(81)69(21)45(31-35(7)8)59(82)71(23)49(38(13)14)61(84)72(50)24/h25,27,33-45,47-51,74H,26,28-32H2,1-24H3,(H,62,76)(H,63,75)(H,64,78)(H,65,77)/b27-25+/t39-,40+,41-,42+,43+,44+,45-,47+,48+,49+,50+,51-/m1/s1. The molecule has 0 radical (unpaired) electrons. The summed E-state index contributed by atoms with van der Waals surface area (Å²) in [4.78, 5) is 168. The van der Waals surface area contributed by atoms with Crippen LogP contribution in [0.1, 0.15) is 150 Å². The van der Waals surface area contributed by atoms with Crippen molar-refractivity contribution in [2.45, 2.75) is 216 Å². The average molecular weight is 1190 g/mol. The Bertz CT molecular complexity index is 2310. The van der Waals surface area contributed by atoms with E-state index in [9.17, 15) is 48.3 Å². The number of hydrogen-bond donors (Lipinski definition) is 5. The number of carbonyl (C=O) groups is 11. The number of aliphatic hydroxyl groups excluding tert-OH is 1. The zero-order chi connectivity index (χ0) is 65.3. The van der Waals surface area contributed by atoms with E-state index in [2.05, 4.69) is 21.3 Å². The first-order chi connectivity index (χ1) is 38.7. The molecule has 84 heavy (non-hydrogen) atoms. The molecule has 1 aliphatic heterocycles. The average Bonchev–Trinajstić information content (AvgIpc) is 3.42. The molecule has 5 N–H and O–H groups in total. The molecule has 23 heteroatoms. The zero-order valence-corrected chi connectivity index (χ0v) is 55.4. The van der Waals surface area contributed by atoms with Crippen molar-refractivity contribution < 1.29 is 57.8 Å². The highest BCUT2D eigenvalue weighted by Gasteiger charge is 2.46. The van der Waals surface area contributed by atoms with Gasteiger partial charge in [0.1, 0.15) is 60.4 Å². The summed E-state index contributed by atoms with van der Waals surface area (Å²) in [6.07, 6.45) is 2.88. The Hall–Kier alpha value is -6.13. The molecule has 1 heterocycles. The number of hydrogen-bond acceptors (Lipinski definition) is 12. The maximum absolute atomic E-state index is 15.1. The lowest BCUT2D eigenvalue weighted by atomic mass is 9.91. The number of carbonyl (C=O) groups excluding carboxylic acids is 11. The molecule has 0 aromatic carbocycles. The van der Waals surface area contributed by atoms with Gasteiger partial charge in [0.05, 0.1) is 12.6 Å². The van der Waals surface area contributed by atoms with Crippen molar-refractivity contribution in [2.24, 2.45) is 41.4 Å². The van der Waals surface area contributed by atoms with Crippen LogP contribution in [0.5, 0.6) is 0 Å². The van der Waals surface area contributed by atoms with Crippen molar-refractivity contribution in [2.75, 3.05) is 55.9 Å². The SMILES string of the molecule is C/C=C/C[C@@H](C)[C@@H](O)[C@H]1C(=O)N[C@@H](CC)C(=O)N(C)CC(=O)N(C)[C@@H](C(C)C)C(=O)N[C@@H](C(C)C)C(=O)N(C)[C@@H](CC(C)C)C(=O)N[C@@H](C)C(=O)N[C@H](C)C(=O)N(C)[C@@H](CC(C)C)C(=O)N(C)[C@H](CC(C)C)C(=O)N(C)[C@@H](C(C)C)C(=O)N1C. The first kappa shape index (κ1) is 75.9. The molecule has 0 aromatic heterocycles. The van der Waals surface area contributed by atoms with E-state index in [4.69, 9.17) is 0 Å². The zero-order valence-electron chi connectivity index (χ0n) is 55.4. The normalized spacial score (nSPS) is 27.1. The fraction of sp³-hybridized carbons (Fsp3) is 0.787. The summed E-state index contributed by atoms with van der Waals surface area (Å²) in [6.45, 7) is 29.0. The Morgan fingerprint density at radius 3 is 1.35 bits per heavy atom. The highest BCUT2D eigenvalue weighted by Crippen LogP contribution is 2.25. The van der Waals surface area contributed by atoms with Gasteiger partial charge >= 0.3 is 0 Å². The molecule has 12 atom stereocenters. The minimum atomic E-state index is -1.61. The van der Waals surface area contributed by atoms with Crippen LogP contribution in [-0.4, -0.2) is 227 Å². The summed E-state index contributed by atoms with van der Waals surface area (Å²) < 4.78 is 0. The molecule has 0 aromatic rings. The molecular formula is C61H109N11O12. The third-order valence-corrected chi connectivity index (χ3v) is 15.9. The second-order valence-corrected chi connectivity index (χ2v) is 25.6. The Kier molecular flexibility index (Phi) is 30.8. The smallest absolute Gasteiger partial charge is 0.246 e. The molecule has 1 rings (SSSR count). The lowest BCUT2D eigenvalue weighted by Crippen LogP contribution is -2.63. The van der Waals surface area contributed by atoms with Crippen LogP contribution in [0, 0.1) is 41.4 Å². The summed E-state index contributed by atoms with van der Waals surface area (Å²) in [5, 5.41) is 23.0. The predicted octanol–water partition coefficient (Wildman–Crippen LogP) is 2.88. The molecule has 0 aliphatic carbocycles. The van der Waals surface area contributed by atoms with E-state index in [-0.39, 0.29) is 43.4 Å². The molecule has 1 fully saturated rings. The molecule has 0 bridgehead atoms. The van der Waals surface area contributed by atoms with Gasteiger partial charge in [-0.1, -0.05) is 109 Å². The van der Waals surface area contributed by atoms with Gasteiger partial charge < -0.3 is 60.7 Å². The topological polar surface area (TPSA) is 279 Å². The first-order valence-corrected chi connectivity index (χ1v) is 30.1. The van der Waals surface area contributed by atoms with Gasteiger partial charge in [-0.15, -0.1) is 0 Å². The van der Waals surface area contributed by atoms with E-state index in [0.717, 1.165) is 9.80 Å². The van der Waals surface area contributed by atoms with E-state index in [1.165, 1.54) is 87.7 Å². The van der Waals surface area contributed by atoms with Gasteiger partial charge in [0.2, 0.25) is 65.0 Å². The fourth-order valence-electron chi connectivity index (χ4n) is 10.7. The van der Waals surface area contributed by atoms with Gasteiger partial charge in [0.25, 0.3) is 0 Å². The molecule has 11 amide bonds. The number of amides is 11. The number of aliphatic hydroxyl groups is 1. The lowest BCUT2D eigenvalue weighted by molar-refractivity contribution is -0.157. The Balaban J connectivity index is 4.30. The van der Waals surface area contributed by atoms with Crippen LogP contribution >= 0.6 is 0 Å². The molecule has 1 aliphatic rings. The van der Waals surface area contributed by atoms with Crippen LogP contribution in [0.4, 0.5) is 0 Å². The van der Waals surface area contributed by atoms with Gasteiger partial charge in [-0.25, -0.2) is 0 Å². The predicted molar refractivity (Wildman–Crippen MR) is 324 cm³/mol. The summed E-state index contributed by atoms with van der Waals surface area (Å²) in [6, 6.07) is -12.4. The first-order valence-electron chi connectivity index (χ1n) is 30.1. The Morgan fingerprint density at radius 1 is 0.464 bits per heavy atom. The van der Waals surface area contributed by atoms with Crippen LogP contribution in [0.25, 0.3) is 0 Å². The number of nitrogens with one attached hydrogen (secondary N) is 4.